The first-order chi connectivity index (χ1) is 8.53. The highest BCUT2D eigenvalue weighted by Crippen LogP contribution is 2.18. The second-order valence-corrected chi connectivity index (χ2v) is 6.64. The van der Waals surface area contributed by atoms with Crippen LogP contribution in [0.3, 0.4) is 0 Å². The van der Waals surface area contributed by atoms with E-state index >= 15 is 0 Å². The van der Waals surface area contributed by atoms with E-state index in [9.17, 15) is 0 Å². The number of amidine groups is 1. The summed E-state index contributed by atoms with van der Waals surface area (Å²) in [6.07, 6.45) is 10.9. The Morgan fingerprint density at radius 3 is 2.44 bits per heavy atom. The average Bonchev–Trinajstić information content (AvgIpc) is 2.63. The normalized spacial score (nSPS) is 19.4. The van der Waals surface area contributed by atoms with Crippen LogP contribution in [0.1, 0.15) is 79.1 Å². The molecule has 1 heterocycles. The van der Waals surface area contributed by atoms with Gasteiger partial charge in [0, 0.05) is 6.42 Å². The topological polar surface area (TPSA) is 24.4 Å². The Hall–Kier alpha value is -0.530. The lowest BCUT2D eigenvalue weighted by atomic mass is 9.98. The van der Waals surface area contributed by atoms with Crippen molar-refractivity contribution in [3.05, 3.63) is 0 Å². The Bertz CT molecular complexity index is 256. The molecule has 0 spiro atoms. The molecule has 1 rings (SSSR count). The predicted octanol–water partition coefficient (Wildman–Crippen LogP) is 4.54. The molecule has 2 heteroatoms. The second-order valence-electron chi connectivity index (χ2n) is 6.64. The molecule has 1 unspecified atom stereocenters. The molecule has 1 aliphatic rings. The molecule has 1 N–H and O–H groups in total. The largest absolute Gasteiger partial charge is 0.367 e. The summed E-state index contributed by atoms with van der Waals surface area (Å²) >= 11 is 0. The lowest BCUT2D eigenvalue weighted by molar-refractivity contribution is 0.478. The second kappa shape index (κ2) is 7.81. The van der Waals surface area contributed by atoms with E-state index in [0.29, 0.717) is 0 Å². The van der Waals surface area contributed by atoms with Crippen LogP contribution in [0.4, 0.5) is 0 Å². The fourth-order valence-corrected chi connectivity index (χ4v) is 2.58. The number of nitrogens with one attached hydrogen (secondary N) is 1. The molecule has 2 nitrogen and oxygen atoms in total. The Labute approximate surface area is 114 Å². The highest BCUT2D eigenvalue weighted by atomic mass is 15.1. The van der Waals surface area contributed by atoms with Gasteiger partial charge in [0.15, 0.2) is 0 Å². The molecule has 0 aliphatic carbocycles. The molecule has 0 aromatic rings. The molecule has 106 valence electrons. The molecule has 18 heavy (non-hydrogen) atoms. The van der Waals surface area contributed by atoms with Crippen molar-refractivity contribution in [1.82, 2.24) is 5.32 Å². The fourth-order valence-electron chi connectivity index (χ4n) is 2.58. The maximum Gasteiger partial charge on any atom is 0.0971 e. The monoisotopic (exact) mass is 252 g/mol. The first-order valence-electron chi connectivity index (χ1n) is 7.85. The van der Waals surface area contributed by atoms with Gasteiger partial charge in [-0.05, 0) is 19.8 Å². The molecule has 0 amide bonds. The van der Waals surface area contributed by atoms with Crippen molar-refractivity contribution in [3.63, 3.8) is 0 Å². The molecule has 0 aromatic carbocycles. The third kappa shape index (κ3) is 6.42. The zero-order valence-corrected chi connectivity index (χ0v) is 12.9. The molecular weight excluding hydrogens is 220 g/mol. The number of unbranched alkanes of at least 4 members (excludes halogenated alkanes) is 5. The van der Waals surface area contributed by atoms with E-state index in [2.05, 4.69) is 38.0 Å². The zero-order chi connectivity index (χ0) is 13.4. The summed E-state index contributed by atoms with van der Waals surface area (Å²) in [6.45, 7) is 10.0. The summed E-state index contributed by atoms with van der Waals surface area (Å²) in [6, 6.07) is 0. The molecule has 0 aromatic heterocycles. The maximum absolute atomic E-state index is 4.60. The number of nitrogens with zero attached hydrogens (tertiary/aromatic N) is 1. The minimum atomic E-state index is 0.190. The molecular formula is C16H32N2. The van der Waals surface area contributed by atoms with Gasteiger partial charge in [-0.15, -0.1) is 0 Å². The molecule has 0 saturated heterocycles. The number of aliphatic imine (C=N–C) groups is 1. The third-order valence-corrected chi connectivity index (χ3v) is 3.74. The fraction of sp³-hybridized carbons (Fsp3) is 0.938. The van der Waals surface area contributed by atoms with E-state index in [-0.39, 0.29) is 5.54 Å². The molecule has 0 saturated carbocycles. The molecule has 1 atom stereocenters. The Morgan fingerprint density at radius 1 is 1.17 bits per heavy atom. The highest BCUT2D eigenvalue weighted by molar-refractivity contribution is 5.84. The zero-order valence-electron chi connectivity index (χ0n) is 12.9. The van der Waals surface area contributed by atoms with Crippen molar-refractivity contribution >= 4 is 5.84 Å². The van der Waals surface area contributed by atoms with Gasteiger partial charge in [0.2, 0.25) is 0 Å². The number of rotatable bonds is 9. The van der Waals surface area contributed by atoms with Gasteiger partial charge in [0.05, 0.1) is 17.9 Å². The van der Waals surface area contributed by atoms with Crippen LogP contribution in [0.5, 0.6) is 0 Å². The van der Waals surface area contributed by atoms with Gasteiger partial charge >= 0.3 is 0 Å². The van der Waals surface area contributed by atoms with Crippen LogP contribution in [0.2, 0.25) is 0 Å². The van der Waals surface area contributed by atoms with Crippen molar-refractivity contribution in [2.45, 2.75) is 84.6 Å². The summed E-state index contributed by atoms with van der Waals surface area (Å²) in [5.41, 5.74) is 0.190. The van der Waals surface area contributed by atoms with Gasteiger partial charge in [-0.2, -0.15) is 0 Å². The van der Waals surface area contributed by atoms with Crippen LogP contribution < -0.4 is 5.32 Å². The molecule has 1 aliphatic heterocycles. The Kier molecular flexibility index (Phi) is 6.73. The van der Waals surface area contributed by atoms with Gasteiger partial charge in [-0.3, -0.25) is 4.99 Å². The van der Waals surface area contributed by atoms with E-state index in [1.807, 2.05) is 0 Å². The van der Waals surface area contributed by atoms with Crippen molar-refractivity contribution in [2.24, 2.45) is 10.9 Å². The van der Waals surface area contributed by atoms with Gasteiger partial charge < -0.3 is 5.32 Å². The number of hydrogen-bond acceptors (Lipinski definition) is 2. The summed E-state index contributed by atoms with van der Waals surface area (Å²) in [4.78, 5) is 4.60. The smallest absolute Gasteiger partial charge is 0.0971 e. The standard InChI is InChI=1S/C16H32N2/c1-5-6-7-8-9-10-11-14(2)12-15-17-13-16(3,4)18-15/h14H,5-13H2,1-4H3,(H,17,18). The van der Waals surface area contributed by atoms with E-state index in [4.69, 9.17) is 0 Å². The van der Waals surface area contributed by atoms with Gasteiger partial charge in [-0.1, -0.05) is 58.8 Å². The van der Waals surface area contributed by atoms with E-state index in [1.54, 1.807) is 0 Å². The predicted molar refractivity (Wildman–Crippen MR) is 81.3 cm³/mol. The Balaban J connectivity index is 2.02. The SMILES string of the molecule is CCCCCCCCC(C)CC1=NCC(C)(C)N1. The molecule has 0 radical (unpaired) electrons. The first kappa shape index (κ1) is 15.5. The lowest BCUT2D eigenvalue weighted by Crippen LogP contribution is -2.39. The van der Waals surface area contributed by atoms with Crippen molar-refractivity contribution in [1.29, 1.82) is 0 Å². The van der Waals surface area contributed by atoms with Crippen molar-refractivity contribution in [3.8, 4) is 0 Å². The van der Waals surface area contributed by atoms with Crippen LogP contribution in [0.15, 0.2) is 4.99 Å². The molecule has 0 bridgehead atoms. The number of hydrogen-bond donors (Lipinski definition) is 1. The van der Waals surface area contributed by atoms with Crippen molar-refractivity contribution < 1.29 is 0 Å². The lowest BCUT2D eigenvalue weighted by Gasteiger charge is -2.19. The van der Waals surface area contributed by atoms with Crippen molar-refractivity contribution in [2.75, 3.05) is 6.54 Å². The van der Waals surface area contributed by atoms with E-state index < -0.39 is 0 Å². The van der Waals surface area contributed by atoms with E-state index in [1.165, 1.54) is 50.8 Å². The van der Waals surface area contributed by atoms with Gasteiger partial charge in [0.25, 0.3) is 0 Å². The van der Waals surface area contributed by atoms with Crippen LogP contribution in [0, 0.1) is 5.92 Å². The molecule has 0 fully saturated rings. The van der Waals surface area contributed by atoms with Crippen LogP contribution >= 0.6 is 0 Å². The Morgan fingerprint density at radius 2 is 1.83 bits per heavy atom. The van der Waals surface area contributed by atoms with Gasteiger partial charge in [-0.25, -0.2) is 0 Å². The maximum atomic E-state index is 4.60. The summed E-state index contributed by atoms with van der Waals surface area (Å²) in [7, 11) is 0. The summed E-state index contributed by atoms with van der Waals surface area (Å²) in [5, 5.41) is 3.53. The van der Waals surface area contributed by atoms with Crippen LogP contribution in [-0.4, -0.2) is 17.9 Å². The quantitative estimate of drug-likeness (QED) is 0.598. The average molecular weight is 252 g/mol. The minimum absolute atomic E-state index is 0.190. The first-order valence-corrected chi connectivity index (χ1v) is 7.85. The summed E-state index contributed by atoms with van der Waals surface area (Å²) in [5.74, 6) is 2.01. The van der Waals surface area contributed by atoms with Crippen LogP contribution in [0.25, 0.3) is 0 Å². The minimum Gasteiger partial charge on any atom is -0.367 e. The summed E-state index contributed by atoms with van der Waals surface area (Å²) < 4.78 is 0. The highest BCUT2D eigenvalue weighted by Gasteiger charge is 2.25. The van der Waals surface area contributed by atoms with Crippen LogP contribution in [-0.2, 0) is 0 Å². The van der Waals surface area contributed by atoms with E-state index in [0.717, 1.165) is 18.9 Å². The van der Waals surface area contributed by atoms with Gasteiger partial charge in [0.1, 0.15) is 0 Å². The third-order valence-electron chi connectivity index (χ3n) is 3.74.